The zero-order valence-electron chi connectivity index (χ0n) is 14.8. The molecule has 7 nitrogen and oxygen atoms in total. The Balaban J connectivity index is 1.61. The number of piperazine rings is 1. The second-order valence-corrected chi connectivity index (χ2v) is 6.98. The van der Waals surface area contributed by atoms with Gasteiger partial charge in [0.2, 0.25) is 12.2 Å². The summed E-state index contributed by atoms with van der Waals surface area (Å²) in [5.74, 6) is 1.05. The Morgan fingerprint density at radius 2 is 2.00 bits per heavy atom. The van der Waals surface area contributed by atoms with Crippen molar-refractivity contribution in [1.29, 1.82) is 0 Å². The second-order valence-electron chi connectivity index (χ2n) is 6.20. The molecule has 1 aromatic heterocycles. The lowest BCUT2D eigenvalue weighted by atomic mass is 10.2. The minimum Gasteiger partial charge on any atom is -0.495 e. The Kier molecular flexibility index (Phi) is 5.48. The number of nitrogens with zero attached hydrogens (tertiary/aromatic N) is 3. The van der Waals surface area contributed by atoms with Crippen LogP contribution in [0, 0.1) is 6.92 Å². The summed E-state index contributed by atoms with van der Waals surface area (Å²) >= 11 is 12.1. The van der Waals surface area contributed by atoms with E-state index in [9.17, 15) is 4.79 Å². The fourth-order valence-corrected chi connectivity index (χ4v) is 3.38. The van der Waals surface area contributed by atoms with E-state index in [0.29, 0.717) is 34.7 Å². The van der Waals surface area contributed by atoms with Crippen molar-refractivity contribution < 1.29 is 14.2 Å². The van der Waals surface area contributed by atoms with Crippen LogP contribution in [0.4, 0.5) is 11.5 Å². The first kappa shape index (κ1) is 18.7. The number of carbonyl (C=O) groups excluding carboxylic acids is 1. The molecule has 0 aliphatic carbocycles. The van der Waals surface area contributed by atoms with Crippen LogP contribution in [0.1, 0.15) is 5.69 Å². The highest BCUT2D eigenvalue weighted by atomic mass is 35.5. The third kappa shape index (κ3) is 3.68. The zero-order valence-corrected chi connectivity index (χ0v) is 16.3. The summed E-state index contributed by atoms with van der Waals surface area (Å²) in [4.78, 5) is 16.6. The Bertz CT molecular complexity index is 816. The Morgan fingerprint density at radius 1 is 1.31 bits per heavy atom. The quantitative estimate of drug-likeness (QED) is 0.770. The number of halogens is 2. The number of rotatable bonds is 4. The van der Waals surface area contributed by atoms with Gasteiger partial charge in [-0.05, 0) is 12.1 Å². The van der Waals surface area contributed by atoms with Crippen molar-refractivity contribution in [3.05, 3.63) is 33.9 Å². The van der Waals surface area contributed by atoms with Gasteiger partial charge < -0.3 is 20.3 Å². The number of aromatic amines is 1. The zero-order chi connectivity index (χ0) is 18.8. The molecule has 2 aromatic rings. The number of nitrogens with two attached hydrogens (primary N) is 1. The molecule has 1 fully saturated rings. The SMILES string of the molecule is COc1cc(N2CCN(C(=O)C[n+]3[nH]c(N)c(Cl)c3C)CC2)ccc1Cl. The van der Waals surface area contributed by atoms with E-state index in [1.54, 1.807) is 11.8 Å². The van der Waals surface area contributed by atoms with E-state index in [1.165, 1.54) is 0 Å². The Hall–Kier alpha value is -2.12. The number of amides is 1. The fourth-order valence-electron chi connectivity index (χ4n) is 3.04. The molecule has 0 bridgehead atoms. The molecule has 1 amide bonds. The fraction of sp³-hybridized carbons (Fsp3) is 0.412. The molecular formula is C17H22Cl2N5O2+. The van der Waals surface area contributed by atoms with E-state index in [-0.39, 0.29) is 12.5 Å². The second kappa shape index (κ2) is 7.63. The highest BCUT2D eigenvalue weighted by Gasteiger charge is 2.27. The first-order chi connectivity index (χ1) is 12.4. The van der Waals surface area contributed by atoms with E-state index in [2.05, 4.69) is 10.00 Å². The van der Waals surface area contributed by atoms with E-state index >= 15 is 0 Å². The largest absolute Gasteiger partial charge is 0.495 e. The molecule has 1 aliphatic heterocycles. The van der Waals surface area contributed by atoms with Gasteiger partial charge in [-0.1, -0.05) is 23.2 Å². The maximum absolute atomic E-state index is 12.6. The molecule has 1 saturated heterocycles. The standard InChI is InChI=1S/C17H21Cl2N5O2/c1-11-16(19)17(20)21-24(11)10-15(25)23-7-5-22(6-8-23)12-3-4-13(18)14(9-12)26-2/h3-4,9H,5-8,10H2,1-2H3,(H2,20,21)/p+1. The summed E-state index contributed by atoms with van der Waals surface area (Å²) in [5, 5.41) is 3.96. The van der Waals surface area contributed by atoms with Gasteiger partial charge in [-0.3, -0.25) is 4.79 Å². The minimum atomic E-state index is 0.0318. The number of H-pyrrole nitrogens is 1. The van der Waals surface area contributed by atoms with Crippen molar-refractivity contribution in [2.75, 3.05) is 43.9 Å². The molecule has 9 heteroatoms. The van der Waals surface area contributed by atoms with Crippen LogP contribution in [-0.2, 0) is 11.3 Å². The Morgan fingerprint density at radius 3 is 2.58 bits per heavy atom. The van der Waals surface area contributed by atoms with Gasteiger partial charge in [-0.2, -0.15) is 0 Å². The van der Waals surface area contributed by atoms with E-state index < -0.39 is 0 Å². The average Bonchev–Trinajstić information content (AvgIpc) is 2.89. The number of methoxy groups -OCH3 is 1. The van der Waals surface area contributed by atoms with Gasteiger partial charge in [-0.15, -0.1) is 9.78 Å². The molecule has 0 saturated carbocycles. The van der Waals surface area contributed by atoms with Crippen LogP contribution in [0.5, 0.6) is 5.75 Å². The van der Waals surface area contributed by atoms with Crippen molar-refractivity contribution in [2.24, 2.45) is 0 Å². The van der Waals surface area contributed by atoms with Gasteiger partial charge >= 0.3 is 0 Å². The van der Waals surface area contributed by atoms with Gasteiger partial charge in [-0.25, -0.2) is 0 Å². The maximum Gasteiger partial charge on any atom is 0.291 e. The molecule has 3 rings (SSSR count). The Labute approximate surface area is 162 Å². The van der Waals surface area contributed by atoms with Gasteiger partial charge in [0.1, 0.15) is 5.75 Å². The summed E-state index contributed by atoms with van der Waals surface area (Å²) in [6, 6.07) is 5.71. The molecule has 0 spiro atoms. The lowest BCUT2D eigenvalue weighted by molar-refractivity contribution is -0.743. The maximum atomic E-state index is 12.6. The van der Waals surface area contributed by atoms with E-state index in [1.807, 2.05) is 30.0 Å². The van der Waals surface area contributed by atoms with Crippen molar-refractivity contribution >= 4 is 40.6 Å². The molecule has 1 aromatic carbocycles. The summed E-state index contributed by atoms with van der Waals surface area (Å²) in [7, 11) is 1.60. The van der Waals surface area contributed by atoms with E-state index in [4.69, 9.17) is 33.7 Å². The third-order valence-electron chi connectivity index (χ3n) is 4.64. The lowest BCUT2D eigenvalue weighted by Crippen LogP contribution is -2.53. The highest BCUT2D eigenvalue weighted by Crippen LogP contribution is 2.29. The normalized spacial score (nSPS) is 14.6. The van der Waals surface area contributed by atoms with Gasteiger partial charge in [0.05, 0.1) is 12.1 Å². The lowest BCUT2D eigenvalue weighted by Gasteiger charge is -2.35. The summed E-state index contributed by atoms with van der Waals surface area (Å²) in [6.45, 7) is 4.80. The topological polar surface area (TPSA) is 78.5 Å². The molecule has 0 unspecified atom stereocenters. The predicted octanol–water partition coefficient (Wildman–Crippen LogP) is 1.86. The van der Waals surface area contributed by atoms with Crippen LogP contribution >= 0.6 is 23.2 Å². The number of nitrogen functional groups attached to an aromatic ring is 1. The molecule has 140 valence electrons. The van der Waals surface area contributed by atoms with Crippen molar-refractivity contribution in [2.45, 2.75) is 13.5 Å². The molecule has 2 heterocycles. The molecule has 0 radical (unpaired) electrons. The minimum absolute atomic E-state index is 0.0318. The van der Waals surface area contributed by atoms with Crippen LogP contribution in [0.15, 0.2) is 18.2 Å². The van der Waals surface area contributed by atoms with Crippen molar-refractivity contribution in [3.8, 4) is 5.75 Å². The van der Waals surface area contributed by atoms with Crippen LogP contribution in [0.25, 0.3) is 0 Å². The number of carbonyl (C=O) groups is 1. The van der Waals surface area contributed by atoms with Crippen molar-refractivity contribution in [1.82, 2.24) is 10.00 Å². The number of benzene rings is 1. The third-order valence-corrected chi connectivity index (χ3v) is 5.43. The van der Waals surface area contributed by atoms with Gasteiger partial charge in [0.15, 0.2) is 10.8 Å². The molecule has 0 atom stereocenters. The number of hydrogen-bond donors (Lipinski definition) is 2. The molecule has 3 N–H and O–H groups in total. The predicted molar refractivity (Wildman–Crippen MR) is 102 cm³/mol. The number of nitrogens with one attached hydrogen (secondary N) is 1. The first-order valence-electron chi connectivity index (χ1n) is 8.30. The van der Waals surface area contributed by atoms with Crippen LogP contribution in [0.2, 0.25) is 10.0 Å². The van der Waals surface area contributed by atoms with Crippen LogP contribution in [0.3, 0.4) is 0 Å². The van der Waals surface area contributed by atoms with E-state index in [0.717, 1.165) is 24.5 Å². The molecule has 26 heavy (non-hydrogen) atoms. The monoisotopic (exact) mass is 398 g/mol. The highest BCUT2D eigenvalue weighted by molar-refractivity contribution is 6.33. The van der Waals surface area contributed by atoms with Crippen LogP contribution < -0.4 is 20.1 Å². The molecule has 1 aliphatic rings. The molecular weight excluding hydrogens is 377 g/mol. The summed E-state index contributed by atoms with van der Waals surface area (Å²) in [5.41, 5.74) is 7.54. The van der Waals surface area contributed by atoms with Gasteiger partial charge in [0, 0.05) is 44.9 Å². The number of ether oxygens (including phenoxy) is 1. The number of anilines is 2. The smallest absolute Gasteiger partial charge is 0.291 e. The number of hydrogen-bond acceptors (Lipinski definition) is 4. The summed E-state index contributed by atoms with van der Waals surface area (Å²) in [6.07, 6.45) is 0. The summed E-state index contributed by atoms with van der Waals surface area (Å²) < 4.78 is 6.95. The average molecular weight is 399 g/mol. The first-order valence-corrected chi connectivity index (χ1v) is 9.06. The van der Waals surface area contributed by atoms with Crippen LogP contribution in [-0.4, -0.2) is 49.2 Å². The number of aromatic nitrogens is 2. The van der Waals surface area contributed by atoms with Crippen molar-refractivity contribution in [3.63, 3.8) is 0 Å². The van der Waals surface area contributed by atoms with Gasteiger partial charge in [0.25, 0.3) is 5.91 Å².